The van der Waals surface area contributed by atoms with Gasteiger partial charge in [-0.3, -0.25) is 4.79 Å². The Morgan fingerprint density at radius 3 is 2.82 bits per heavy atom. The Morgan fingerprint density at radius 2 is 1.97 bits per heavy atom. The fourth-order valence-corrected chi connectivity index (χ4v) is 4.47. The van der Waals surface area contributed by atoms with E-state index in [-0.39, 0.29) is 18.4 Å². The van der Waals surface area contributed by atoms with Crippen LogP contribution in [0.2, 0.25) is 0 Å². The maximum atomic E-state index is 13.2. The highest BCUT2D eigenvalue weighted by Crippen LogP contribution is 2.29. The third-order valence-corrected chi connectivity index (χ3v) is 6.19. The number of piperidine rings is 1. The van der Waals surface area contributed by atoms with Crippen LogP contribution in [0.4, 0.5) is 0 Å². The van der Waals surface area contributed by atoms with Crippen LogP contribution in [-0.2, 0) is 13.7 Å². The number of hydrogen-bond donors (Lipinski definition) is 0. The summed E-state index contributed by atoms with van der Waals surface area (Å²) in [6, 6.07) is 19.0. The lowest BCUT2D eigenvalue weighted by atomic mass is 9.97. The maximum absolute atomic E-state index is 13.2. The molecule has 1 fully saturated rings. The Hall–Kier alpha value is -3.74. The molecule has 0 N–H and O–H groups in total. The lowest BCUT2D eigenvalue weighted by Crippen LogP contribution is -2.39. The number of fused-ring (bicyclic) bond motifs is 1. The normalized spacial score (nSPS) is 16.2. The lowest BCUT2D eigenvalue weighted by molar-refractivity contribution is 0.0667. The van der Waals surface area contributed by atoms with Gasteiger partial charge in [-0.1, -0.05) is 18.2 Å². The van der Waals surface area contributed by atoms with E-state index in [1.165, 1.54) is 0 Å². The van der Waals surface area contributed by atoms with Crippen molar-refractivity contribution in [3.8, 4) is 11.5 Å². The van der Waals surface area contributed by atoms with Crippen molar-refractivity contribution in [3.05, 3.63) is 78.0 Å². The molecule has 1 amide bonds. The number of hydrogen-bond acceptors (Lipinski definition) is 5. The molecule has 1 aliphatic rings. The third-order valence-electron chi connectivity index (χ3n) is 6.19. The molecule has 0 saturated carbocycles. The number of para-hydroxylation sites is 2. The highest BCUT2D eigenvalue weighted by atomic mass is 16.5. The molecule has 170 valence electrons. The van der Waals surface area contributed by atoms with Crippen LogP contribution < -0.4 is 9.47 Å². The van der Waals surface area contributed by atoms with E-state index in [1.54, 1.807) is 19.2 Å². The SMILES string of the molecule is COc1cccc(OCc2ccc(C(=O)N3CCCC(c4nc5ccccc5n4C)C3)o2)c1. The second-order valence-electron chi connectivity index (χ2n) is 8.34. The van der Waals surface area contributed by atoms with E-state index in [9.17, 15) is 4.79 Å². The van der Waals surface area contributed by atoms with Crippen LogP contribution in [0.15, 0.2) is 65.1 Å². The number of nitrogens with zero attached hydrogens (tertiary/aromatic N) is 3. The number of aryl methyl sites for hydroxylation is 1. The summed E-state index contributed by atoms with van der Waals surface area (Å²) in [5.41, 5.74) is 2.10. The summed E-state index contributed by atoms with van der Waals surface area (Å²) in [5, 5.41) is 0. The molecule has 7 nitrogen and oxygen atoms in total. The van der Waals surface area contributed by atoms with Crippen molar-refractivity contribution in [1.29, 1.82) is 0 Å². The Kier molecular flexibility index (Phi) is 5.77. The fraction of sp³-hybridized carbons (Fsp3) is 0.308. The fourth-order valence-electron chi connectivity index (χ4n) is 4.47. The molecule has 0 bridgehead atoms. The Balaban J connectivity index is 1.25. The zero-order chi connectivity index (χ0) is 22.8. The van der Waals surface area contributed by atoms with Crippen LogP contribution in [0.3, 0.4) is 0 Å². The van der Waals surface area contributed by atoms with E-state index in [1.807, 2.05) is 54.4 Å². The van der Waals surface area contributed by atoms with Crippen molar-refractivity contribution >= 4 is 16.9 Å². The van der Waals surface area contributed by atoms with Gasteiger partial charge in [-0.05, 0) is 49.2 Å². The van der Waals surface area contributed by atoms with Crippen molar-refractivity contribution in [2.45, 2.75) is 25.4 Å². The van der Waals surface area contributed by atoms with Crippen molar-refractivity contribution < 1.29 is 18.7 Å². The van der Waals surface area contributed by atoms with E-state index < -0.39 is 0 Å². The van der Waals surface area contributed by atoms with Crippen LogP contribution in [-0.4, -0.2) is 40.6 Å². The Labute approximate surface area is 192 Å². The summed E-state index contributed by atoms with van der Waals surface area (Å²) in [7, 11) is 3.66. The molecule has 0 spiro atoms. The average Bonchev–Trinajstić information content (AvgIpc) is 3.47. The zero-order valence-electron chi connectivity index (χ0n) is 18.9. The topological polar surface area (TPSA) is 69.7 Å². The molecule has 0 radical (unpaired) electrons. The number of carbonyl (C=O) groups is 1. The number of benzene rings is 2. The summed E-state index contributed by atoms with van der Waals surface area (Å²) in [6.45, 7) is 1.59. The Bertz CT molecular complexity index is 1280. The highest BCUT2D eigenvalue weighted by molar-refractivity contribution is 5.91. The smallest absolute Gasteiger partial charge is 0.289 e. The summed E-state index contributed by atoms with van der Waals surface area (Å²) in [4.78, 5) is 19.9. The second kappa shape index (κ2) is 9.02. The van der Waals surface area contributed by atoms with Gasteiger partial charge in [0.25, 0.3) is 5.91 Å². The second-order valence-corrected chi connectivity index (χ2v) is 8.34. The number of methoxy groups -OCH3 is 1. The molecule has 5 rings (SSSR count). The maximum Gasteiger partial charge on any atom is 0.289 e. The van der Waals surface area contributed by atoms with Crippen LogP contribution in [0.1, 0.15) is 40.9 Å². The molecular weight excluding hydrogens is 418 g/mol. The number of ether oxygens (including phenoxy) is 2. The van der Waals surface area contributed by atoms with Gasteiger partial charge in [0.2, 0.25) is 0 Å². The van der Waals surface area contributed by atoms with Gasteiger partial charge in [-0.15, -0.1) is 0 Å². The van der Waals surface area contributed by atoms with Crippen molar-refractivity contribution in [3.63, 3.8) is 0 Å². The van der Waals surface area contributed by atoms with E-state index in [4.69, 9.17) is 18.9 Å². The first-order valence-corrected chi connectivity index (χ1v) is 11.2. The molecule has 7 heteroatoms. The van der Waals surface area contributed by atoms with E-state index in [0.717, 1.165) is 42.0 Å². The number of imidazole rings is 1. The average molecular weight is 446 g/mol. The van der Waals surface area contributed by atoms with Crippen LogP contribution in [0, 0.1) is 0 Å². The summed E-state index contributed by atoms with van der Waals surface area (Å²) >= 11 is 0. The molecule has 0 aliphatic carbocycles. The minimum absolute atomic E-state index is 0.0916. The number of aromatic nitrogens is 2. The van der Waals surface area contributed by atoms with E-state index in [0.29, 0.717) is 23.8 Å². The van der Waals surface area contributed by atoms with Gasteiger partial charge in [0.15, 0.2) is 5.76 Å². The van der Waals surface area contributed by atoms with Gasteiger partial charge in [-0.25, -0.2) is 4.98 Å². The minimum atomic E-state index is -0.0916. The first-order valence-electron chi connectivity index (χ1n) is 11.2. The number of amides is 1. The van der Waals surface area contributed by atoms with Gasteiger partial charge in [-0.2, -0.15) is 0 Å². The predicted octanol–water partition coefficient (Wildman–Crippen LogP) is 4.77. The molecule has 2 aromatic carbocycles. The van der Waals surface area contributed by atoms with Gasteiger partial charge < -0.3 is 23.4 Å². The quantitative estimate of drug-likeness (QED) is 0.427. The number of likely N-dealkylation sites (tertiary alicyclic amines) is 1. The molecule has 1 aliphatic heterocycles. The monoisotopic (exact) mass is 445 g/mol. The lowest BCUT2D eigenvalue weighted by Gasteiger charge is -2.31. The van der Waals surface area contributed by atoms with Gasteiger partial charge >= 0.3 is 0 Å². The van der Waals surface area contributed by atoms with Crippen LogP contribution in [0.5, 0.6) is 11.5 Å². The number of rotatable bonds is 6. The predicted molar refractivity (Wildman–Crippen MR) is 125 cm³/mol. The van der Waals surface area contributed by atoms with Crippen LogP contribution >= 0.6 is 0 Å². The largest absolute Gasteiger partial charge is 0.497 e. The summed E-state index contributed by atoms with van der Waals surface area (Å²) < 4.78 is 19.0. The number of furan rings is 1. The van der Waals surface area contributed by atoms with Gasteiger partial charge in [0, 0.05) is 32.1 Å². The zero-order valence-corrected chi connectivity index (χ0v) is 18.9. The summed E-state index contributed by atoms with van der Waals surface area (Å²) in [5.74, 6) is 3.48. The van der Waals surface area contributed by atoms with E-state index >= 15 is 0 Å². The molecule has 3 heterocycles. The first kappa shape index (κ1) is 21.1. The molecule has 33 heavy (non-hydrogen) atoms. The molecular formula is C26H27N3O4. The van der Waals surface area contributed by atoms with Crippen LogP contribution in [0.25, 0.3) is 11.0 Å². The third kappa shape index (κ3) is 4.31. The van der Waals surface area contributed by atoms with Crippen molar-refractivity contribution in [2.24, 2.45) is 7.05 Å². The van der Waals surface area contributed by atoms with E-state index in [2.05, 4.69) is 10.6 Å². The van der Waals surface area contributed by atoms with Gasteiger partial charge in [0.1, 0.15) is 29.7 Å². The highest BCUT2D eigenvalue weighted by Gasteiger charge is 2.29. The molecule has 1 unspecified atom stereocenters. The Morgan fingerprint density at radius 1 is 1.12 bits per heavy atom. The molecule has 1 saturated heterocycles. The van der Waals surface area contributed by atoms with Crippen molar-refractivity contribution in [1.82, 2.24) is 14.5 Å². The van der Waals surface area contributed by atoms with Gasteiger partial charge in [0.05, 0.1) is 18.1 Å². The molecule has 1 atom stereocenters. The van der Waals surface area contributed by atoms with Crippen molar-refractivity contribution in [2.75, 3.05) is 20.2 Å². The number of carbonyl (C=O) groups excluding carboxylic acids is 1. The molecule has 4 aromatic rings. The molecule has 2 aromatic heterocycles. The summed E-state index contributed by atoms with van der Waals surface area (Å²) in [6.07, 6.45) is 1.95. The minimum Gasteiger partial charge on any atom is -0.497 e. The standard InChI is InChI=1S/C26H27N3O4/c1-28-23-11-4-3-10-22(23)27-25(28)18-7-6-14-29(16-18)26(30)24-13-12-21(33-24)17-32-20-9-5-8-19(15-20)31-2/h3-5,8-13,15,18H,6-7,14,16-17H2,1-2H3. The first-order chi connectivity index (χ1) is 16.1.